The molecule has 0 radical (unpaired) electrons. The summed E-state index contributed by atoms with van der Waals surface area (Å²) in [5.41, 5.74) is 3.46. The third-order valence-corrected chi connectivity index (χ3v) is 3.83. The zero-order valence-electron chi connectivity index (χ0n) is 14.4. The van der Waals surface area contributed by atoms with E-state index >= 15 is 0 Å². The summed E-state index contributed by atoms with van der Waals surface area (Å²) in [6.07, 6.45) is 0. The number of amides is 1. The molecule has 3 aromatic rings. The molecule has 0 bridgehead atoms. The van der Waals surface area contributed by atoms with E-state index < -0.39 is 0 Å². The Bertz CT molecular complexity index is 885. The fourth-order valence-electron chi connectivity index (χ4n) is 2.51. The van der Waals surface area contributed by atoms with E-state index in [-0.39, 0.29) is 11.9 Å². The summed E-state index contributed by atoms with van der Waals surface area (Å²) in [6, 6.07) is 17.0. The van der Waals surface area contributed by atoms with Crippen molar-refractivity contribution < 1.29 is 9.53 Å². The summed E-state index contributed by atoms with van der Waals surface area (Å²) in [5, 5.41) is 2.91. The molecule has 0 aliphatic heterocycles. The van der Waals surface area contributed by atoms with Crippen molar-refractivity contribution in [2.75, 3.05) is 5.32 Å². The van der Waals surface area contributed by atoms with Gasteiger partial charge >= 0.3 is 6.01 Å². The number of nitrogens with zero attached hydrogens (tertiary/aromatic N) is 2. The summed E-state index contributed by atoms with van der Waals surface area (Å²) in [7, 11) is 0. The molecule has 0 saturated carbocycles. The van der Waals surface area contributed by atoms with Gasteiger partial charge in [0.1, 0.15) is 5.75 Å². The molecule has 126 valence electrons. The summed E-state index contributed by atoms with van der Waals surface area (Å²) in [6.45, 7) is 5.54. The van der Waals surface area contributed by atoms with Crippen LogP contribution in [-0.2, 0) is 0 Å². The van der Waals surface area contributed by atoms with E-state index in [0.29, 0.717) is 28.4 Å². The van der Waals surface area contributed by atoms with Gasteiger partial charge in [0.25, 0.3) is 5.91 Å². The van der Waals surface area contributed by atoms with E-state index in [1.54, 1.807) is 6.07 Å². The van der Waals surface area contributed by atoms with Gasteiger partial charge in [0.2, 0.25) is 0 Å². The van der Waals surface area contributed by atoms with Crippen LogP contribution in [0.5, 0.6) is 11.8 Å². The third-order valence-electron chi connectivity index (χ3n) is 3.83. The molecule has 0 fully saturated rings. The van der Waals surface area contributed by atoms with E-state index in [4.69, 9.17) is 4.74 Å². The van der Waals surface area contributed by atoms with Crippen LogP contribution in [0.3, 0.4) is 0 Å². The minimum atomic E-state index is -0.176. The van der Waals surface area contributed by atoms with Crippen molar-refractivity contribution in [3.63, 3.8) is 0 Å². The second-order valence-corrected chi connectivity index (χ2v) is 5.74. The SMILES string of the molecule is Cc1ccccc1C(=O)Nc1c(C)nc(Oc2ccccc2)nc1C. The van der Waals surface area contributed by atoms with Crippen LogP contribution in [0.1, 0.15) is 27.3 Å². The third kappa shape index (κ3) is 3.83. The Kier molecular flexibility index (Phi) is 4.75. The Labute approximate surface area is 146 Å². The van der Waals surface area contributed by atoms with Crippen LogP contribution in [-0.4, -0.2) is 15.9 Å². The number of aromatic nitrogens is 2. The zero-order chi connectivity index (χ0) is 17.8. The maximum absolute atomic E-state index is 12.5. The average Bonchev–Trinajstić information content (AvgIpc) is 2.59. The van der Waals surface area contributed by atoms with Crippen LogP contribution >= 0.6 is 0 Å². The molecule has 5 heteroatoms. The van der Waals surface area contributed by atoms with E-state index in [9.17, 15) is 4.79 Å². The Balaban J connectivity index is 1.83. The number of para-hydroxylation sites is 1. The topological polar surface area (TPSA) is 64.1 Å². The molecule has 2 aromatic carbocycles. The summed E-state index contributed by atoms with van der Waals surface area (Å²) < 4.78 is 5.67. The predicted octanol–water partition coefficient (Wildman–Crippen LogP) is 4.45. The van der Waals surface area contributed by atoms with Crippen molar-refractivity contribution in [2.45, 2.75) is 20.8 Å². The van der Waals surface area contributed by atoms with Gasteiger partial charge in [0.15, 0.2) is 0 Å². The largest absolute Gasteiger partial charge is 0.424 e. The fraction of sp³-hybridized carbons (Fsp3) is 0.150. The zero-order valence-corrected chi connectivity index (χ0v) is 14.4. The maximum Gasteiger partial charge on any atom is 0.322 e. The monoisotopic (exact) mass is 333 g/mol. The number of rotatable bonds is 4. The molecule has 1 amide bonds. The quantitative estimate of drug-likeness (QED) is 0.766. The molecule has 0 aliphatic carbocycles. The average molecular weight is 333 g/mol. The Morgan fingerprint density at radius 1 is 0.880 bits per heavy atom. The van der Waals surface area contributed by atoms with Crippen LogP contribution in [0.25, 0.3) is 0 Å². The molecule has 5 nitrogen and oxygen atoms in total. The van der Waals surface area contributed by atoms with Gasteiger partial charge in [-0.15, -0.1) is 0 Å². The number of carbonyl (C=O) groups is 1. The van der Waals surface area contributed by atoms with Crippen molar-refractivity contribution in [1.82, 2.24) is 9.97 Å². The van der Waals surface area contributed by atoms with Crippen LogP contribution in [0.4, 0.5) is 5.69 Å². The Hall–Kier alpha value is -3.21. The standard InChI is InChI=1S/C20H19N3O2/c1-13-9-7-8-12-17(13)19(24)23-18-14(2)21-20(22-15(18)3)25-16-10-5-4-6-11-16/h4-12H,1-3H3,(H,23,24). The van der Waals surface area contributed by atoms with E-state index in [1.165, 1.54) is 0 Å². The highest BCUT2D eigenvalue weighted by Gasteiger charge is 2.15. The molecular formula is C20H19N3O2. The second-order valence-electron chi connectivity index (χ2n) is 5.74. The smallest absolute Gasteiger partial charge is 0.322 e. The fourth-order valence-corrected chi connectivity index (χ4v) is 2.51. The van der Waals surface area contributed by atoms with Gasteiger partial charge in [-0.2, -0.15) is 9.97 Å². The molecule has 1 N–H and O–H groups in total. The van der Waals surface area contributed by atoms with Crippen LogP contribution in [0.2, 0.25) is 0 Å². The molecule has 1 heterocycles. The van der Waals surface area contributed by atoms with Gasteiger partial charge in [-0.3, -0.25) is 4.79 Å². The van der Waals surface area contributed by atoms with E-state index in [0.717, 1.165) is 5.56 Å². The number of aryl methyl sites for hydroxylation is 3. The van der Waals surface area contributed by atoms with Crippen molar-refractivity contribution in [3.05, 3.63) is 77.1 Å². The molecule has 0 saturated heterocycles. The van der Waals surface area contributed by atoms with Crippen molar-refractivity contribution in [1.29, 1.82) is 0 Å². The van der Waals surface area contributed by atoms with Crippen molar-refractivity contribution >= 4 is 11.6 Å². The van der Waals surface area contributed by atoms with Crippen LogP contribution in [0.15, 0.2) is 54.6 Å². The minimum Gasteiger partial charge on any atom is -0.424 e. The van der Waals surface area contributed by atoms with Gasteiger partial charge in [-0.05, 0) is 44.5 Å². The number of anilines is 1. The Morgan fingerprint density at radius 2 is 1.48 bits per heavy atom. The molecule has 0 aliphatic rings. The number of hydrogen-bond acceptors (Lipinski definition) is 4. The number of benzene rings is 2. The van der Waals surface area contributed by atoms with Gasteiger partial charge in [-0.25, -0.2) is 0 Å². The van der Waals surface area contributed by atoms with Crippen LogP contribution in [0, 0.1) is 20.8 Å². The molecule has 25 heavy (non-hydrogen) atoms. The van der Waals surface area contributed by atoms with Gasteiger partial charge in [0.05, 0.1) is 17.1 Å². The molecule has 0 unspecified atom stereocenters. The van der Waals surface area contributed by atoms with Gasteiger partial charge < -0.3 is 10.1 Å². The first-order valence-corrected chi connectivity index (χ1v) is 7.99. The molecule has 1 aromatic heterocycles. The molecular weight excluding hydrogens is 314 g/mol. The number of nitrogens with one attached hydrogen (secondary N) is 1. The van der Waals surface area contributed by atoms with Crippen LogP contribution < -0.4 is 10.1 Å². The van der Waals surface area contributed by atoms with Gasteiger partial charge in [0, 0.05) is 5.56 Å². The predicted molar refractivity (Wildman–Crippen MR) is 97.2 cm³/mol. The maximum atomic E-state index is 12.5. The molecule has 0 spiro atoms. The highest BCUT2D eigenvalue weighted by molar-refractivity contribution is 6.05. The highest BCUT2D eigenvalue weighted by Crippen LogP contribution is 2.24. The summed E-state index contributed by atoms with van der Waals surface area (Å²) in [4.78, 5) is 21.2. The highest BCUT2D eigenvalue weighted by atomic mass is 16.5. The first-order chi connectivity index (χ1) is 12.0. The minimum absolute atomic E-state index is 0.176. The summed E-state index contributed by atoms with van der Waals surface area (Å²) in [5.74, 6) is 0.489. The van der Waals surface area contributed by atoms with Crippen molar-refractivity contribution in [2.24, 2.45) is 0 Å². The lowest BCUT2D eigenvalue weighted by molar-refractivity contribution is 0.102. The lowest BCUT2D eigenvalue weighted by Crippen LogP contribution is -2.16. The molecule has 0 atom stereocenters. The first kappa shape index (κ1) is 16.6. The van der Waals surface area contributed by atoms with Crippen molar-refractivity contribution in [3.8, 4) is 11.8 Å². The lowest BCUT2D eigenvalue weighted by atomic mass is 10.1. The molecule has 3 rings (SSSR count). The number of ether oxygens (including phenoxy) is 1. The number of carbonyl (C=O) groups excluding carboxylic acids is 1. The van der Waals surface area contributed by atoms with E-state index in [1.807, 2.05) is 69.3 Å². The summed E-state index contributed by atoms with van der Waals surface area (Å²) >= 11 is 0. The van der Waals surface area contributed by atoms with Gasteiger partial charge in [-0.1, -0.05) is 36.4 Å². The number of hydrogen-bond donors (Lipinski definition) is 1. The first-order valence-electron chi connectivity index (χ1n) is 7.99. The normalized spacial score (nSPS) is 10.4. The second kappa shape index (κ2) is 7.13. The van der Waals surface area contributed by atoms with E-state index in [2.05, 4.69) is 15.3 Å². The lowest BCUT2D eigenvalue weighted by Gasteiger charge is -2.13. The Morgan fingerprint density at radius 3 is 2.12 bits per heavy atom.